The third-order valence-electron chi connectivity index (χ3n) is 5.29. The van der Waals surface area contributed by atoms with Crippen LogP contribution in [-0.2, 0) is 0 Å². The Morgan fingerprint density at radius 1 is 0.621 bits per heavy atom. The Morgan fingerprint density at radius 3 is 1.93 bits per heavy atom. The number of nitrogens with one attached hydrogen (secondary N) is 1. The molecule has 5 rings (SSSR count). The van der Waals surface area contributed by atoms with Crippen molar-refractivity contribution in [1.82, 2.24) is 0 Å². The second kappa shape index (κ2) is 7.28. The number of rotatable bonds is 3. The van der Waals surface area contributed by atoms with E-state index in [1.807, 2.05) is 77.7 Å². The maximum absolute atomic E-state index is 13.4. The van der Waals surface area contributed by atoms with Gasteiger partial charge in [-0.25, -0.2) is 0 Å². The molecule has 1 aliphatic rings. The predicted molar refractivity (Wildman–Crippen MR) is 118 cm³/mol. The third-order valence-corrected chi connectivity index (χ3v) is 5.29. The summed E-state index contributed by atoms with van der Waals surface area (Å²) in [5.41, 5.74) is 5.79. The molecule has 0 saturated carbocycles. The minimum Gasteiger partial charge on any atom is -0.360 e. The number of nitrogens with zero attached hydrogens (tertiary/aromatic N) is 1. The second-order valence-electron chi connectivity index (χ2n) is 7.09. The molecule has 29 heavy (non-hydrogen) atoms. The minimum atomic E-state index is -0.273. The molecule has 0 unspecified atom stereocenters. The molecular weight excluding hydrogens is 356 g/mol. The van der Waals surface area contributed by atoms with E-state index in [1.54, 1.807) is 0 Å². The number of benzene rings is 4. The van der Waals surface area contributed by atoms with Crippen LogP contribution in [0, 0.1) is 0 Å². The van der Waals surface area contributed by atoms with Crippen molar-refractivity contribution in [3.63, 3.8) is 0 Å². The fraction of sp³-hybridized carbons (Fsp3) is 0.0385. The molecule has 1 amide bonds. The van der Waals surface area contributed by atoms with Crippen LogP contribution in [0.5, 0.6) is 0 Å². The fourth-order valence-corrected chi connectivity index (χ4v) is 3.83. The molecule has 1 N–H and O–H groups in total. The number of hydrogen-bond acceptors (Lipinski definition) is 2. The summed E-state index contributed by atoms with van der Waals surface area (Å²) in [5.74, 6) is 0.00249. The fourth-order valence-electron chi connectivity index (χ4n) is 3.83. The highest BCUT2D eigenvalue weighted by atomic mass is 16.2. The predicted octanol–water partition coefficient (Wildman–Crippen LogP) is 6.12. The van der Waals surface area contributed by atoms with Gasteiger partial charge in [-0.3, -0.25) is 9.69 Å². The first-order valence-electron chi connectivity index (χ1n) is 9.71. The zero-order chi connectivity index (χ0) is 19.6. The molecular formula is C26H20N2O. The summed E-state index contributed by atoms with van der Waals surface area (Å²) in [4.78, 5) is 15.2. The number of fused-ring (bicyclic) bond motifs is 1. The molecule has 4 aromatic rings. The summed E-state index contributed by atoms with van der Waals surface area (Å²) in [6, 6.07) is 36.2. The lowest BCUT2D eigenvalue weighted by atomic mass is 9.99. The van der Waals surface area contributed by atoms with E-state index in [2.05, 4.69) is 41.7 Å². The standard InChI is InChI=1S/C26H20N2O/c29-26-23-13-7-8-14-24(23)27-25(28(26)22-11-5-2-6-12-22)21-17-15-20(16-18-21)19-9-3-1-4-10-19/h1-18,25,27H/t25-/m0/s1. The maximum atomic E-state index is 13.4. The van der Waals surface area contributed by atoms with Gasteiger partial charge in [-0.05, 0) is 41.0 Å². The molecule has 4 aromatic carbocycles. The van der Waals surface area contributed by atoms with E-state index in [9.17, 15) is 4.79 Å². The summed E-state index contributed by atoms with van der Waals surface area (Å²) in [6.07, 6.45) is -0.273. The van der Waals surface area contributed by atoms with Crippen molar-refractivity contribution in [3.05, 3.63) is 120 Å². The Bertz CT molecular complexity index is 1140. The number of carbonyl (C=O) groups excluding carboxylic acids is 1. The summed E-state index contributed by atoms with van der Waals surface area (Å²) in [5, 5.41) is 3.56. The average molecular weight is 376 g/mol. The van der Waals surface area contributed by atoms with Crippen molar-refractivity contribution in [2.24, 2.45) is 0 Å². The Labute approximate surface area is 170 Å². The molecule has 3 heteroatoms. The lowest BCUT2D eigenvalue weighted by Crippen LogP contribution is -2.43. The van der Waals surface area contributed by atoms with Gasteiger partial charge in [0.05, 0.1) is 5.56 Å². The highest BCUT2D eigenvalue weighted by molar-refractivity contribution is 6.12. The highest BCUT2D eigenvalue weighted by Crippen LogP contribution is 2.37. The van der Waals surface area contributed by atoms with Crippen molar-refractivity contribution >= 4 is 17.3 Å². The molecule has 0 radical (unpaired) electrons. The molecule has 0 aromatic heterocycles. The zero-order valence-electron chi connectivity index (χ0n) is 15.8. The zero-order valence-corrected chi connectivity index (χ0v) is 15.8. The molecule has 0 spiro atoms. The summed E-state index contributed by atoms with van der Waals surface area (Å²) in [7, 11) is 0. The highest BCUT2D eigenvalue weighted by Gasteiger charge is 2.33. The van der Waals surface area contributed by atoms with E-state index in [4.69, 9.17) is 0 Å². The minimum absolute atomic E-state index is 0.00249. The van der Waals surface area contributed by atoms with Crippen LogP contribution in [0.25, 0.3) is 11.1 Å². The quantitative estimate of drug-likeness (QED) is 0.467. The van der Waals surface area contributed by atoms with E-state index in [0.717, 1.165) is 22.5 Å². The van der Waals surface area contributed by atoms with E-state index >= 15 is 0 Å². The maximum Gasteiger partial charge on any atom is 0.262 e. The molecule has 1 heterocycles. The SMILES string of the molecule is O=C1c2ccccc2N[C@H](c2ccc(-c3ccccc3)cc2)N1c1ccccc1. The smallest absolute Gasteiger partial charge is 0.262 e. The van der Waals surface area contributed by atoms with E-state index in [-0.39, 0.29) is 12.1 Å². The first-order chi connectivity index (χ1) is 14.3. The van der Waals surface area contributed by atoms with Crippen LogP contribution >= 0.6 is 0 Å². The number of anilines is 2. The van der Waals surface area contributed by atoms with Gasteiger partial charge in [-0.15, -0.1) is 0 Å². The molecule has 0 fully saturated rings. The number of hydrogen-bond donors (Lipinski definition) is 1. The number of para-hydroxylation sites is 2. The van der Waals surface area contributed by atoms with Gasteiger partial charge in [0, 0.05) is 11.4 Å². The molecule has 3 nitrogen and oxygen atoms in total. The van der Waals surface area contributed by atoms with Gasteiger partial charge in [0.15, 0.2) is 0 Å². The molecule has 0 bridgehead atoms. The van der Waals surface area contributed by atoms with E-state index in [1.165, 1.54) is 5.56 Å². The second-order valence-corrected chi connectivity index (χ2v) is 7.09. The lowest BCUT2D eigenvalue weighted by molar-refractivity contribution is 0.0975. The molecule has 0 aliphatic carbocycles. The van der Waals surface area contributed by atoms with Crippen molar-refractivity contribution in [2.75, 3.05) is 10.2 Å². The van der Waals surface area contributed by atoms with Gasteiger partial charge in [-0.1, -0.05) is 84.9 Å². The van der Waals surface area contributed by atoms with Gasteiger partial charge in [-0.2, -0.15) is 0 Å². The van der Waals surface area contributed by atoms with Gasteiger partial charge >= 0.3 is 0 Å². The van der Waals surface area contributed by atoms with Crippen molar-refractivity contribution in [2.45, 2.75) is 6.17 Å². The summed E-state index contributed by atoms with van der Waals surface area (Å²) in [6.45, 7) is 0. The van der Waals surface area contributed by atoms with E-state index < -0.39 is 0 Å². The Kier molecular flexibility index (Phi) is 4.34. The number of carbonyl (C=O) groups is 1. The monoisotopic (exact) mass is 376 g/mol. The normalized spacial score (nSPS) is 15.5. The molecule has 0 saturated heterocycles. The Morgan fingerprint density at radius 2 is 1.21 bits per heavy atom. The van der Waals surface area contributed by atoms with Crippen molar-refractivity contribution < 1.29 is 4.79 Å². The first kappa shape index (κ1) is 17.3. The summed E-state index contributed by atoms with van der Waals surface area (Å²) >= 11 is 0. The molecule has 1 atom stereocenters. The van der Waals surface area contributed by atoms with Crippen molar-refractivity contribution in [1.29, 1.82) is 0 Å². The first-order valence-corrected chi connectivity index (χ1v) is 9.71. The van der Waals surface area contributed by atoms with Crippen LogP contribution in [0.4, 0.5) is 11.4 Å². The Balaban J connectivity index is 1.57. The summed E-state index contributed by atoms with van der Waals surface area (Å²) < 4.78 is 0. The largest absolute Gasteiger partial charge is 0.360 e. The van der Waals surface area contributed by atoms with Gasteiger partial charge in [0.25, 0.3) is 5.91 Å². The third kappa shape index (κ3) is 3.17. The molecule has 140 valence electrons. The average Bonchev–Trinajstić information content (AvgIpc) is 2.80. The topological polar surface area (TPSA) is 32.3 Å². The van der Waals surface area contributed by atoms with Crippen molar-refractivity contribution in [3.8, 4) is 11.1 Å². The van der Waals surface area contributed by atoms with E-state index in [0.29, 0.717) is 5.56 Å². The van der Waals surface area contributed by atoms with Gasteiger partial charge < -0.3 is 5.32 Å². The van der Waals surface area contributed by atoms with Gasteiger partial charge in [0.1, 0.15) is 6.17 Å². The van der Waals surface area contributed by atoms with Crippen LogP contribution in [0.2, 0.25) is 0 Å². The lowest BCUT2D eigenvalue weighted by Gasteiger charge is -2.38. The van der Waals surface area contributed by atoms with Crippen LogP contribution in [0.15, 0.2) is 109 Å². The van der Waals surface area contributed by atoms with Gasteiger partial charge in [0.2, 0.25) is 0 Å². The van der Waals surface area contributed by atoms with Crippen LogP contribution in [0.1, 0.15) is 22.1 Å². The van der Waals surface area contributed by atoms with Crippen LogP contribution in [-0.4, -0.2) is 5.91 Å². The number of amides is 1. The molecule has 1 aliphatic heterocycles. The van der Waals surface area contributed by atoms with Crippen LogP contribution in [0.3, 0.4) is 0 Å². The van der Waals surface area contributed by atoms with Crippen LogP contribution < -0.4 is 10.2 Å². The Hall–Kier alpha value is -3.85.